The van der Waals surface area contributed by atoms with Gasteiger partial charge in [0.25, 0.3) is 11.1 Å². The fraction of sp³-hybridized carbons (Fsp3) is 0.107. The zero-order valence-electron chi connectivity index (χ0n) is 18.9. The number of benzene rings is 3. The van der Waals surface area contributed by atoms with Gasteiger partial charge in [0.15, 0.2) is 0 Å². The van der Waals surface area contributed by atoms with E-state index in [0.717, 1.165) is 49.5 Å². The molecule has 1 aromatic heterocycles. The first kappa shape index (κ1) is 23.2. The van der Waals surface area contributed by atoms with E-state index in [4.69, 9.17) is 0 Å². The second kappa shape index (κ2) is 9.57. The Morgan fingerprint density at radius 2 is 1.69 bits per heavy atom. The lowest BCUT2D eigenvalue weighted by Crippen LogP contribution is -2.27. The van der Waals surface area contributed by atoms with Crippen molar-refractivity contribution in [2.24, 2.45) is 0 Å². The standard InChI is InChI=1S/C28H20BrN3O2S/c1-18-24(14-26-27(33)32(28(34)35-26)16-19-10-12-22(29)13-11-19)23-8-4-5-9-25(23)31(18)17-21-7-3-2-6-20(21)15-30/h2-14H,16-17H2,1H3/b26-14-. The summed E-state index contributed by atoms with van der Waals surface area (Å²) in [5, 5.41) is 10.3. The zero-order valence-corrected chi connectivity index (χ0v) is 21.3. The number of para-hydroxylation sites is 1. The third-order valence-corrected chi connectivity index (χ3v) is 7.58. The third kappa shape index (κ3) is 4.43. The van der Waals surface area contributed by atoms with Gasteiger partial charge in [0.2, 0.25) is 0 Å². The number of hydrogen-bond donors (Lipinski definition) is 0. The van der Waals surface area contributed by atoms with Gasteiger partial charge in [-0.2, -0.15) is 5.26 Å². The Kier molecular flexibility index (Phi) is 6.33. The number of halogens is 1. The molecule has 1 saturated heterocycles. The molecular weight excluding hydrogens is 522 g/mol. The molecule has 35 heavy (non-hydrogen) atoms. The van der Waals surface area contributed by atoms with Gasteiger partial charge in [-0.05, 0) is 60.2 Å². The van der Waals surface area contributed by atoms with Crippen molar-refractivity contribution in [2.75, 3.05) is 0 Å². The van der Waals surface area contributed by atoms with Crippen LogP contribution in [-0.2, 0) is 17.9 Å². The molecule has 5 rings (SSSR count). The van der Waals surface area contributed by atoms with Crippen LogP contribution >= 0.6 is 27.7 Å². The predicted molar refractivity (Wildman–Crippen MR) is 143 cm³/mol. The van der Waals surface area contributed by atoms with Gasteiger partial charge in [-0.1, -0.05) is 64.5 Å². The summed E-state index contributed by atoms with van der Waals surface area (Å²) < 4.78 is 3.10. The molecule has 0 unspecified atom stereocenters. The van der Waals surface area contributed by atoms with E-state index in [9.17, 15) is 14.9 Å². The van der Waals surface area contributed by atoms with E-state index in [1.165, 1.54) is 4.90 Å². The van der Waals surface area contributed by atoms with Gasteiger partial charge in [-0.15, -0.1) is 0 Å². The van der Waals surface area contributed by atoms with Crippen LogP contribution in [0.1, 0.15) is 27.9 Å². The number of carbonyl (C=O) groups is 2. The van der Waals surface area contributed by atoms with Crippen LogP contribution in [0.5, 0.6) is 0 Å². The van der Waals surface area contributed by atoms with Gasteiger partial charge in [0.05, 0.1) is 23.1 Å². The quantitative estimate of drug-likeness (QED) is 0.258. The number of fused-ring (bicyclic) bond motifs is 1. The Labute approximate surface area is 215 Å². The van der Waals surface area contributed by atoms with Crippen molar-refractivity contribution in [3.05, 3.63) is 110 Å². The van der Waals surface area contributed by atoms with E-state index in [-0.39, 0.29) is 17.7 Å². The number of nitriles is 1. The highest BCUT2D eigenvalue weighted by Gasteiger charge is 2.35. The lowest BCUT2D eigenvalue weighted by molar-refractivity contribution is -0.123. The van der Waals surface area contributed by atoms with Gasteiger partial charge < -0.3 is 4.57 Å². The smallest absolute Gasteiger partial charge is 0.293 e. The molecule has 0 bridgehead atoms. The van der Waals surface area contributed by atoms with Crippen LogP contribution in [0.25, 0.3) is 17.0 Å². The highest BCUT2D eigenvalue weighted by molar-refractivity contribution is 9.10. The Morgan fingerprint density at radius 3 is 2.46 bits per heavy atom. The molecule has 7 heteroatoms. The van der Waals surface area contributed by atoms with Gasteiger partial charge in [-0.3, -0.25) is 14.5 Å². The largest absolute Gasteiger partial charge is 0.340 e. The highest BCUT2D eigenvalue weighted by Crippen LogP contribution is 2.36. The first-order valence-corrected chi connectivity index (χ1v) is 12.6. The molecule has 172 valence electrons. The molecule has 1 aliphatic rings. The first-order chi connectivity index (χ1) is 17.0. The van der Waals surface area contributed by atoms with Crippen LogP contribution < -0.4 is 0 Å². The van der Waals surface area contributed by atoms with E-state index in [2.05, 4.69) is 26.6 Å². The van der Waals surface area contributed by atoms with Crippen molar-refractivity contribution < 1.29 is 9.59 Å². The Bertz CT molecular complexity index is 1550. The number of aromatic nitrogens is 1. The molecule has 2 amide bonds. The number of amides is 2. The Morgan fingerprint density at radius 1 is 0.971 bits per heavy atom. The summed E-state index contributed by atoms with van der Waals surface area (Å²) in [7, 11) is 0. The van der Waals surface area contributed by atoms with Crippen molar-refractivity contribution >= 4 is 55.8 Å². The minimum atomic E-state index is -0.283. The van der Waals surface area contributed by atoms with Crippen LogP contribution in [0, 0.1) is 18.3 Å². The summed E-state index contributed by atoms with van der Waals surface area (Å²) >= 11 is 4.38. The van der Waals surface area contributed by atoms with Gasteiger partial charge in [0, 0.05) is 33.2 Å². The Hall–Kier alpha value is -3.60. The summed E-state index contributed by atoms with van der Waals surface area (Å²) in [6.45, 7) is 2.78. The first-order valence-electron chi connectivity index (χ1n) is 11.0. The van der Waals surface area contributed by atoms with Crippen molar-refractivity contribution in [3.8, 4) is 6.07 Å². The average Bonchev–Trinajstić information content (AvgIpc) is 3.29. The second-order valence-electron chi connectivity index (χ2n) is 8.27. The molecule has 3 aromatic carbocycles. The molecule has 0 N–H and O–H groups in total. The SMILES string of the molecule is Cc1c(/C=C2\SC(=O)N(Cc3ccc(Br)cc3)C2=O)c2ccccc2n1Cc1ccccc1C#N. The van der Waals surface area contributed by atoms with E-state index >= 15 is 0 Å². The maximum Gasteiger partial charge on any atom is 0.293 e. The molecule has 0 aliphatic carbocycles. The number of thioether (sulfide) groups is 1. The molecular formula is C28H20BrN3O2S. The summed E-state index contributed by atoms with van der Waals surface area (Å²) in [4.78, 5) is 27.6. The van der Waals surface area contributed by atoms with Crippen LogP contribution in [0.3, 0.4) is 0 Å². The van der Waals surface area contributed by atoms with Gasteiger partial charge in [0.1, 0.15) is 0 Å². The normalized spacial score (nSPS) is 14.8. The fourth-order valence-electron chi connectivity index (χ4n) is 4.32. The summed E-state index contributed by atoms with van der Waals surface area (Å²) in [5.74, 6) is -0.283. The molecule has 0 saturated carbocycles. The molecule has 5 nitrogen and oxygen atoms in total. The van der Waals surface area contributed by atoms with Crippen molar-refractivity contribution in [1.29, 1.82) is 5.26 Å². The molecule has 1 aliphatic heterocycles. The van der Waals surface area contributed by atoms with E-state index < -0.39 is 0 Å². The van der Waals surface area contributed by atoms with Crippen molar-refractivity contribution in [3.63, 3.8) is 0 Å². The number of imide groups is 1. The minimum Gasteiger partial charge on any atom is -0.340 e. The number of hydrogen-bond acceptors (Lipinski definition) is 4. The molecule has 1 fully saturated rings. The number of nitrogens with zero attached hydrogens (tertiary/aromatic N) is 3. The summed E-state index contributed by atoms with van der Waals surface area (Å²) in [6, 6.07) is 25.4. The zero-order chi connectivity index (χ0) is 24.5. The number of carbonyl (C=O) groups excluding carboxylic acids is 2. The lowest BCUT2D eigenvalue weighted by atomic mass is 10.1. The number of rotatable bonds is 5. The summed E-state index contributed by atoms with van der Waals surface area (Å²) in [6.07, 6.45) is 1.83. The van der Waals surface area contributed by atoms with Crippen LogP contribution in [0.15, 0.2) is 82.2 Å². The van der Waals surface area contributed by atoms with E-state index in [1.807, 2.05) is 85.8 Å². The van der Waals surface area contributed by atoms with Crippen LogP contribution in [0.2, 0.25) is 0 Å². The Balaban J connectivity index is 1.52. The second-order valence-corrected chi connectivity index (χ2v) is 10.2. The van der Waals surface area contributed by atoms with E-state index in [1.54, 1.807) is 0 Å². The monoisotopic (exact) mass is 541 g/mol. The molecule has 2 heterocycles. The molecule has 0 atom stereocenters. The highest BCUT2D eigenvalue weighted by atomic mass is 79.9. The van der Waals surface area contributed by atoms with Gasteiger partial charge in [-0.25, -0.2) is 0 Å². The minimum absolute atomic E-state index is 0.237. The molecule has 0 radical (unpaired) electrons. The van der Waals surface area contributed by atoms with Crippen LogP contribution in [0.4, 0.5) is 4.79 Å². The molecule has 4 aromatic rings. The fourth-order valence-corrected chi connectivity index (χ4v) is 5.41. The average molecular weight is 542 g/mol. The third-order valence-electron chi connectivity index (χ3n) is 6.15. The molecule has 0 spiro atoms. The topological polar surface area (TPSA) is 66.1 Å². The summed E-state index contributed by atoms with van der Waals surface area (Å²) in [5.41, 5.74) is 5.35. The maximum absolute atomic E-state index is 13.2. The lowest BCUT2D eigenvalue weighted by Gasteiger charge is -2.12. The predicted octanol–water partition coefficient (Wildman–Crippen LogP) is 6.87. The van der Waals surface area contributed by atoms with Crippen molar-refractivity contribution in [2.45, 2.75) is 20.0 Å². The maximum atomic E-state index is 13.2. The van der Waals surface area contributed by atoms with Gasteiger partial charge >= 0.3 is 0 Å². The van der Waals surface area contributed by atoms with Crippen molar-refractivity contribution in [1.82, 2.24) is 9.47 Å². The van der Waals surface area contributed by atoms with E-state index in [0.29, 0.717) is 17.0 Å². The van der Waals surface area contributed by atoms with Crippen LogP contribution in [-0.4, -0.2) is 20.6 Å².